The number of nitrogens with zero attached hydrogens (tertiary/aromatic N) is 3. The van der Waals surface area contributed by atoms with Crippen molar-refractivity contribution in [2.24, 2.45) is 0 Å². The van der Waals surface area contributed by atoms with E-state index < -0.39 is 0 Å². The van der Waals surface area contributed by atoms with Crippen LogP contribution in [-0.2, 0) is 16.1 Å². The standard InChI is InChI=1S/C23H22N4O2/c1-14-24-20-8-5-17(12-19(20)23(25-14)26-18-6-7-18)16-4-2-3-15(11-16)13-27-21(28)9-10-22(27)29/h2-5,8,11-12,18H,6-7,9-10,13H2,1H3,(H,24,25,26). The predicted octanol–water partition coefficient (Wildman–Crippen LogP) is 3.83. The molecular weight excluding hydrogens is 364 g/mol. The van der Waals surface area contributed by atoms with E-state index in [0.717, 1.165) is 39.2 Å². The third kappa shape index (κ3) is 3.58. The quantitative estimate of drug-likeness (QED) is 0.675. The van der Waals surface area contributed by atoms with Crippen LogP contribution in [0.4, 0.5) is 5.82 Å². The zero-order chi connectivity index (χ0) is 20.0. The molecule has 1 saturated carbocycles. The summed E-state index contributed by atoms with van der Waals surface area (Å²) in [7, 11) is 0. The molecule has 6 nitrogen and oxygen atoms in total. The minimum Gasteiger partial charge on any atom is -0.367 e. The summed E-state index contributed by atoms with van der Waals surface area (Å²) in [5, 5.41) is 4.52. The number of imide groups is 1. The molecule has 2 heterocycles. The molecule has 0 spiro atoms. The van der Waals surface area contributed by atoms with Crippen molar-refractivity contribution < 1.29 is 9.59 Å². The number of fused-ring (bicyclic) bond motifs is 1. The fourth-order valence-corrected chi connectivity index (χ4v) is 3.79. The van der Waals surface area contributed by atoms with Crippen molar-refractivity contribution in [2.75, 3.05) is 5.32 Å². The first-order valence-corrected chi connectivity index (χ1v) is 10.0. The van der Waals surface area contributed by atoms with Crippen LogP contribution in [-0.4, -0.2) is 32.7 Å². The Morgan fingerprint density at radius 2 is 1.76 bits per heavy atom. The van der Waals surface area contributed by atoms with Gasteiger partial charge in [0.2, 0.25) is 11.8 Å². The lowest BCUT2D eigenvalue weighted by molar-refractivity contribution is -0.139. The summed E-state index contributed by atoms with van der Waals surface area (Å²) in [6.07, 6.45) is 3.00. The van der Waals surface area contributed by atoms with Crippen LogP contribution >= 0.6 is 0 Å². The van der Waals surface area contributed by atoms with Crippen molar-refractivity contribution in [3.63, 3.8) is 0 Å². The number of anilines is 1. The highest BCUT2D eigenvalue weighted by Crippen LogP contribution is 2.31. The topological polar surface area (TPSA) is 75.2 Å². The number of aryl methyl sites for hydroxylation is 1. The van der Waals surface area contributed by atoms with Gasteiger partial charge in [0.15, 0.2) is 0 Å². The van der Waals surface area contributed by atoms with Crippen molar-refractivity contribution >= 4 is 28.5 Å². The van der Waals surface area contributed by atoms with Gasteiger partial charge in [-0.05, 0) is 54.7 Å². The second-order valence-corrected chi connectivity index (χ2v) is 7.84. The van der Waals surface area contributed by atoms with Crippen LogP contribution in [0.1, 0.15) is 37.1 Å². The molecule has 1 aromatic heterocycles. The number of hydrogen-bond donors (Lipinski definition) is 1. The van der Waals surface area contributed by atoms with Crippen LogP contribution in [0.3, 0.4) is 0 Å². The Kier molecular flexibility index (Phi) is 4.27. The molecule has 146 valence electrons. The van der Waals surface area contributed by atoms with E-state index in [1.54, 1.807) is 0 Å². The van der Waals surface area contributed by atoms with E-state index in [1.165, 1.54) is 17.7 Å². The lowest BCUT2D eigenvalue weighted by Gasteiger charge is -2.15. The van der Waals surface area contributed by atoms with Gasteiger partial charge in [-0.1, -0.05) is 24.3 Å². The summed E-state index contributed by atoms with van der Waals surface area (Å²) in [4.78, 5) is 34.4. The average molecular weight is 386 g/mol. The molecule has 1 saturated heterocycles. The maximum absolute atomic E-state index is 11.9. The minimum absolute atomic E-state index is 0.0885. The third-order valence-corrected chi connectivity index (χ3v) is 5.48. The molecule has 2 amide bonds. The van der Waals surface area contributed by atoms with Crippen molar-refractivity contribution in [3.05, 3.63) is 53.9 Å². The molecule has 2 fully saturated rings. The summed E-state index contributed by atoms with van der Waals surface area (Å²) >= 11 is 0. The zero-order valence-electron chi connectivity index (χ0n) is 16.3. The number of carbonyl (C=O) groups excluding carboxylic acids is 2. The number of nitrogens with one attached hydrogen (secondary N) is 1. The van der Waals surface area contributed by atoms with Crippen LogP contribution < -0.4 is 5.32 Å². The number of benzene rings is 2. The largest absolute Gasteiger partial charge is 0.367 e. The second kappa shape index (κ2) is 6.95. The first kappa shape index (κ1) is 17.8. The van der Waals surface area contributed by atoms with E-state index in [4.69, 9.17) is 0 Å². The zero-order valence-corrected chi connectivity index (χ0v) is 16.3. The SMILES string of the molecule is Cc1nc(NC2CC2)c2cc(-c3cccc(CN4C(=O)CCC4=O)c3)ccc2n1. The van der Waals surface area contributed by atoms with Crippen LogP contribution in [0, 0.1) is 6.92 Å². The van der Waals surface area contributed by atoms with Gasteiger partial charge in [-0.15, -0.1) is 0 Å². The highest BCUT2D eigenvalue weighted by Gasteiger charge is 2.28. The third-order valence-electron chi connectivity index (χ3n) is 5.48. The maximum Gasteiger partial charge on any atom is 0.229 e. The van der Waals surface area contributed by atoms with Crippen LogP contribution in [0.2, 0.25) is 0 Å². The summed E-state index contributed by atoms with van der Waals surface area (Å²) in [5.74, 6) is 1.47. The van der Waals surface area contributed by atoms with Crippen molar-refractivity contribution in [1.29, 1.82) is 0 Å². The molecular formula is C23H22N4O2. The predicted molar refractivity (Wildman–Crippen MR) is 111 cm³/mol. The van der Waals surface area contributed by atoms with Gasteiger partial charge >= 0.3 is 0 Å². The van der Waals surface area contributed by atoms with Gasteiger partial charge in [-0.2, -0.15) is 0 Å². The van der Waals surface area contributed by atoms with Gasteiger partial charge < -0.3 is 5.32 Å². The van der Waals surface area contributed by atoms with Crippen molar-refractivity contribution in [2.45, 2.75) is 45.2 Å². The molecule has 5 rings (SSSR count). The van der Waals surface area contributed by atoms with E-state index in [2.05, 4.69) is 27.4 Å². The number of hydrogen-bond acceptors (Lipinski definition) is 5. The summed E-state index contributed by atoms with van der Waals surface area (Å²) in [6.45, 7) is 2.24. The van der Waals surface area contributed by atoms with Gasteiger partial charge in [0.1, 0.15) is 11.6 Å². The average Bonchev–Trinajstić information content (AvgIpc) is 3.48. The monoisotopic (exact) mass is 386 g/mol. The normalized spacial score (nSPS) is 16.7. The van der Waals surface area contributed by atoms with Crippen molar-refractivity contribution in [3.8, 4) is 11.1 Å². The van der Waals surface area contributed by atoms with E-state index >= 15 is 0 Å². The fraction of sp³-hybridized carbons (Fsp3) is 0.304. The molecule has 1 aliphatic heterocycles. The second-order valence-electron chi connectivity index (χ2n) is 7.84. The van der Waals surface area contributed by atoms with E-state index in [-0.39, 0.29) is 11.8 Å². The molecule has 2 aromatic carbocycles. The van der Waals surface area contributed by atoms with Crippen LogP contribution in [0.5, 0.6) is 0 Å². The van der Waals surface area contributed by atoms with Crippen LogP contribution in [0.15, 0.2) is 42.5 Å². The number of carbonyl (C=O) groups is 2. The van der Waals surface area contributed by atoms with Gasteiger partial charge in [-0.3, -0.25) is 14.5 Å². The molecule has 6 heteroatoms. The molecule has 3 aromatic rings. The molecule has 0 radical (unpaired) electrons. The van der Waals surface area contributed by atoms with Gasteiger partial charge in [-0.25, -0.2) is 9.97 Å². The molecule has 0 bridgehead atoms. The molecule has 0 unspecified atom stereocenters. The number of amides is 2. The molecule has 1 aliphatic carbocycles. The molecule has 1 N–H and O–H groups in total. The number of likely N-dealkylation sites (tertiary alicyclic amines) is 1. The summed E-state index contributed by atoms with van der Waals surface area (Å²) < 4.78 is 0. The van der Waals surface area contributed by atoms with Gasteiger partial charge in [0.25, 0.3) is 0 Å². The lowest BCUT2D eigenvalue weighted by Crippen LogP contribution is -2.28. The molecule has 2 aliphatic rings. The first-order chi connectivity index (χ1) is 14.1. The molecule has 29 heavy (non-hydrogen) atoms. The van der Waals surface area contributed by atoms with Gasteiger partial charge in [0.05, 0.1) is 12.1 Å². The maximum atomic E-state index is 11.9. The van der Waals surface area contributed by atoms with E-state index in [1.807, 2.05) is 37.3 Å². The Morgan fingerprint density at radius 1 is 1.00 bits per heavy atom. The first-order valence-electron chi connectivity index (χ1n) is 10.0. The van der Waals surface area contributed by atoms with Crippen molar-refractivity contribution in [1.82, 2.24) is 14.9 Å². The Hall–Kier alpha value is -3.28. The Morgan fingerprint density at radius 3 is 2.52 bits per heavy atom. The Bertz CT molecular complexity index is 1120. The lowest BCUT2D eigenvalue weighted by atomic mass is 10.0. The van der Waals surface area contributed by atoms with E-state index in [9.17, 15) is 9.59 Å². The summed E-state index contributed by atoms with van der Waals surface area (Å²) in [5.41, 5.74) is 3.97. The highest BCUT2D eigenvalue weighted by molar-refractivity contribution is 6.01. The number of aromatic nitrogens is 2. The minimum atomic E-state index is -0.0885. The Labute approximate surface area is 169 Å². The number of rotatable bonds is 5. The molecule has 0 atom stereocenters. The summed E-state index contributed by atoms with van der Waals surface area (Å²) in [6, 6.07) is 14.7. The smallest absolute Gasteiger partial charge is 0.229 e. The Balaban J connectivity index is 1.49. The highest BCUT2D eigenvalue weighted by atomic mass is 16.2. The fourth-order valence-electron chi connectivity index (χ4n) is 3.79. The van der Waals surface area contributed by atoms with E-state index in [0.29, 0.717) is 25.4 Å². The van der Waals surface area contributed by atoms with Gasteiger partial charge in [0, 0.05) is 24.3 Å². The van der Waals surface area contributed by atoms with Crippen LogP contribution in [0.25, 0.3) is 22.0 Å².